The van der Waals surface area contributed by atoms with Crippen molar-refractivity contribution in [2.24, 2.45) is 0 Å². The zero-order valence-corrected chi connectivity index (χ0v) is 81.6. The molecule has 23 heteroatoms. The molecule has 0 unspecified atom stereocenters. The minimum absolute atomic E-state index is 0.216. The molecule has 11 heterocycles. The minimum Gasteiger partial charge on any atom is -0.508 e. The van der Waals surface area contributed by atoms with Gasteiger partial charge in [0.2, 0.25) is 0 Å². The molecule has 1 saturated heterocycles. The largest absolute Gasteiger partial charge is 0.508 e. The molecule has 0 spiro atoms. The van der Waals surface area contributed by atoms with Crippen molar-refractivity contribution >= 4 is 109 Å². The van der Waals surface area contributed by atoms with Gasteiger partial charge >= 0.3 is 6.18 Å². The van der Waals surface area contributed by atoms with E-state index in [0.717, 1.165) is 190 Å². The van der Waals surface area contributed by atoms with Crippen LogP contribution in [0.3, 0.4) is 0 Å². The van der Waals surface area contributed by atoms with Crippen LogP contribution < -0.4 is 0 Å². The van der Waals surface area contributed by atoms with E-state index in [1.54, 1.807) is 66.5 Å². The predicted molar refractivity (Wildman–Crippen MR) is 581 cm³/mol. The van der Waals surface area contributed by atoms with Crippen molar-refractivity contribution in [3.63, 3.8) is 0 Å². The summed E-state index contributed by atoms with van der Waals surface area (Å²) in [5.41, 5.74) is 27.5. The second-order valence-electron chi connectivity index (χ2n) is 36.5. The number of ether oxygens (including phenoxy) is 1. The number of hydrogen-bond acceptors (Lipinski definition) is 8. The monoisotopic (exact) mass is 1930 g/mol. The summed E-state index contributed by atoms with van der Waals surface area (Å²) in [7, 11) is 0. The number of nitrogens with zero attached hydrogens (tertiary/aromatic N) is 16. The Morgan fingerprint density at radius 1 is 0.281 bits per heavy atom. The molecule has 0 amide bonds. The van der Waals surface area contributed by atoms with Crippen LogP contribution in [0.2, 0.25) is 0 Å². The molecular weight excluding hydrogens is 1830 g/mol. The summed E-state index contributed by atoms with van der Waals surface area (Å²) in [5, 5.41) is 44.0. The summed E-state index contributed by atoms with van der Waals surface area (Å²) in [4.78, 5) is 2.48. The maximum Gasteiger partial charge on any atom is 0.416 e. The van der Waals surface area contributed by atoms with E-state index in [1.807, 2.05) is 105 Å². The van der Waals surface area contributed by atoms with Gasteiger partial charge in [0.25, 0.3) is 0 Å². The van der Waals surface area contributed by atoms with Gasteiger partial charge in [-0.05, 0) is 290 Å². The maximum atomic E-state index is 13.9. The maximum absolute atomic E-state index is 13.9. The number of para-hydroxylation sites is 4. The number of phenols is 1. The first-order chi connectivity index (χ1) is 71.5. The lowest BCUT2D eigenvalue weighted by Gasteiger charge is -2.26. The number of aromatic hydroxyl groups is 1. The van der Waals surface area contributed by atoms with Crippen molar-refractivity contribution in [3.8, 4) is 90.5 Å². The molecule has 25 aromatic rings. The molecule has 10 aromatic heterocycles. The summed E-state index contributed by atoms with van der Waals surface area (Å²) < 4.78 is 93.8. The van der Waals surface area contributed by atoms with Gasteiger partial charge in [0.05, 0.1) is 107 Å². The fourth-order valence-corrected chi connectivity index (χ4v) is 21.1. The smallest absolute Gasteiger partial charge is 0.416 e. The fourth-order valence-electron chi connectivity index (χ4n) is 21.1. The highest BCUT2D eigenvalue weighted by Crippen LogP contribution is 2.42. The molecule has 724 valence electrons. The van der Waals surface area contributed by atoms with Gasteiger partial charge in [0, 0.05) is 189 Å². The van der Waals surface area contributed by atoms with Crippen LogP contribution in [0, 0.1) is 18.6 Å². The Labute approximate surface area is 839 Å². The Kier molecular flexibility index (Phi) is 25.8. The van der Waals surface area contributed by atoms with Gasteiger partial charge in [0.15, 0.2) is 0 Å². The molecule has 0 bridgehead atoms. The van der Waals surface area contributed by atoms with Crippen molar-refractivity contribution in [2.75, 3.05) is 32.8 Å². The summed E-state index contributed by atoms with van der Waals surface area (Å²) in [6.07, 6.45) is 5.57. The van der Waals surface area contributed by atoms with Gasteiger partial charge in [-0.3, -0.25) is 4.90 Å². The quantitative estimate of drug-likeness (QED) is 0.0836. The zero-order valence-electron chi connectivity index (χ0n) is 81.6. The third-order valence-corrected chi connectivity index (χ3v) is 28.0. The molecule has 15 aromatic carbocycles. The average Bonchev–Trinajstić information content (AvgIpc) is 1.64. The lowest BCUT2D eigenvalue weighted by Crippen LogP contribution is -2.37. The Morgan fingerprint density at radius 2 is 0.568 bits per heavy atom. The Hall–Kier alpha value is -17.3. The van der Waals surface area contributed by atoms with Crippen LogP contribution in [0.4, 0.5) is 22.0 Å². The molecule has 1 aliphatic heterocycles. The van der Waals surface area contributed by atoms with E-state index in [1.165, 1.54) is 101 Å². The highest BCUT2D eigenvalue weighted by molar-refractivity contribution is 6.13. The third kappa shape index (κ3) is 18.0. The van der Waals surface area contributed by atoms with Crippen LogP contribution in [0.15, 0.2) is 389 Å². The molecule has 1 aliphatic rings. The first kappa shape index (κ1) is 93.7. The summed E-state index contributed by atoms with van der Waals surface area (Å²) in [5.74, 6) is -0.190. The van der Waals surface area contributed by atoms with Crippen LogP contribution in [-0.4, -0.2) is 115 Å². The van der Waals surface area contributed by atoms with Gasteiger partial charge in [-0.25, -0.2) is 32.2 Å². The topological polar surface area (TPSA) is 146 Å². The number of rotatable bonds is 18. The third-order valence-electron chi connectivity index (χ3n) is 28.0. The fraction of sp³-hybridized carbons (Fsp3) is 0.146. The number of morpholine rings is 1. The van der Waals surface area contributed by atoms with Gasteiger partial charge in [-0.1, -0.05) is 127 Å². The number of aryl methyl sites for hydroxylation is 6. The molecule has 0 aliphatic carbocycles. The van der Waals surface area contributed by atoms with Crippen LogP contribution in [0.25, 0.3) is 194 Å². The van der Waals surface area contributed by atoms with E-state index < -0.39 is 11.7 Å². The van der Waals surface area contributed by atoms with Gasteiger partial charge in [-0.15, -0.1) is 0 Å². The van der Waals surface area contributed by atoms with Crippen molar-refractivity contribution in [2.45, 2.75) is 86.9 Å². The molecule has 0 saturated carbocycles. The van der Waals surface area contributed by atoms with Crippen LogP contribution >= 0.6 is 0 Å². The highest BCUT2D eigenvalue weighted by atomic mass is 19.4. The van der Waals surface area contributed by atoms with Crippen molar-refractivity contribution in [1.82, 2.24) is 76.6 Å². The predicted octanol–water partition coefficient (Wildman–Crippen LogP) is 29.5. The Balaban J connectivity index is 0.000000104. The second kappa shape index (κ2) is 40.3. The van der Waals surface area contributed by atoms with Gasteiger partial charge in [-0.2, -0.15) is 38.7 Å². The van der Waals surface area contributed by atoms with E-state index >= 15 is 0 Å². The SMILES string of the molecule is CCn1c2ccc(F)cc2c2cc(-n3nccc3-c3ccccc3)ccc21.CCn1c2ccccc2c2cc(-n3nccc3-c3cc(C)cc(C(F)(F)F)c3)ccc21.CCn1c2ccccc2c2cc(-n3nccc3-c3ccc(CCN4CCOCC4)cc3)ccc21.CCn1c2ccccc2c2cc(-n3nccc3-c3ccc(F)cc3)ccc21.CCn1c2ccccc2c2cc(-n3nccc3-c3ccc(O)cc3)ccc21. The lowest BCUT2D eigenvalue weighted by molar-refractivity contribution is -0.137. The molecule has 1 fully saturated rings. The summed E-state index contributed by atoms with van der Waals surface area (Å²) in [6, 6.07) is 118. The normalized spacial score (nSPS) is 12.4. The number of alkyl halides is 3. The number of hydrogen-bond donors (Lipinski definition) is 1. The molecule has 26 rings (SSSR count). The minimum atomic E-state index is -4.40. The van der Waals surface area contributed by atoms with Crippen molar-refractivity contribution in [1.29, 1.82) is 0 Å². The first-order valence-electron chi connectivity index (χ1n) is 49.6. The van der Waals surface area contributed by atoms with Crippen molar-refractivity contribution in [3.05, 3.63) is 417 Å². The summed E-state index contributed by atoms with van der Waals surface area (Å²) >= 11 is 0. The number of aromatic nitrogens is 15. The van der Waals surface area contributed by atoms with E-state index in [2.05, 4.69) is 305 Å². The number of halogens is 5. The second-order valence-corrected chi connectivity index (χ2v) is 36.5. The van der Waals surface area contributed by atoms with Crippen molar-refractivity contribution < 1.29 is 31.8 Å². The Bertz CT molecular complexity index is 8870. The van der Waals surface area contributed by atoms with E-state index in [4.69, 9.17) is 4.74 Å². The van der Waals surface area contributed by atoms with E-state index in [-0.39, 0.29) is 17.4 Å². The lowest BCUT2D eigenvalue weighted by atomic mass is 10.0. The standard InChI is InChI=1S/C29H30N4O.C25H20F3N3.2C23H18FN3.C23H19N3O/c1-2-32-28-6-4-3-5-25(28)26-21-24(11-12-29(26)32)33-27(13-15-30-33)23-9-7-22(8-10-23)14-16-31-17-19-34-20-18-31;1-3-30-23-7-5-4-6-20(23)21-15-19(8-9-24(21)30)31-22(10-11-29-31)17-12-16(2)13-18(14-17)25(26,27)28;1-2-26-22-6-4-3-5-19(22)20-15-18(11-12-23(20)26)27-21(13-14-25-27)16-7-9-17(24)10-8-16;1-2-26-22-10-8-17(24)14-19(22)20-15-18(9-11-23(20)26)27-21(12-13-25-27)16-6-4-3-5-7-16;1-2-25-22-6-4-3-5-19(22)20-15-17(9-12-23(20)25)26-21(13-14-24-26)16-7-10-18(27)11-8-16/h3-13,15,21H,2,14,16-20H2,1H3;4-15H,3H2,1-2H3;2*3-15H,2H2,1H3;3-15,27H,2H2,1H3. The van der Waals surface area contributed by atoms with Gasteiger partial charge < -0.3 is 32.7 Å². The Morgan fingerprint density at radius 3 is 0.918 bits per heavy atom. The number of phenolic OH excluding ortho intramolecular Hbond substituents is 1. The van der Waals surface area contributed by atoms with Crippen LogP contribution in [0.5, 0.6) is 5.75 Å². The highest BCUT2D eigenvalue weighted by Gasteiger charge is 2.32. The average molecular weight is 1930 g/mol. The molecule has 1 N–H and O–H groups in total. The van der Waals surface area contributed by atoms with E-state index in [9.17, 15) is 27.1 Å². The number of benzene rings is 15. The zero-order chi connectivity index (χ0) is 99.8. The summed E-state index contributed by atoms with van der Waals surface area (Å²) in [6.45, 7) is 21.8. The molecule has 0 atom stereocenters. The molecule has 18 nitrogen and oxygen atoms in total. The van der Waals surface area contributed by atoms with Gasteiger partial charge in [0.1, 0.15) is 17.4 Å². The molecule has 0 radical (unpaired) electrons. The van der Waals surface area contributed by atoms with Crippen LogP contribution in [-0.2, 0) is 50.1 Å². The first-order valence-corrected chi connectivity index (χ1v) is 49.6. The van der Waals surface area contributed by atoms with E-state index in [0.29, 0.717) is 16.8 Å². The number of fused-ring (bicyclic) bond motifs is 15. The molecule has 146 heavy (non-hydrogen) atoms. The molecular formula is C123H105F5N16O2. The van der Waals surface area contributed by atoms with Crippen LogP contribution in [0.1, 0.15) is 51.3 Å².